The van der Waals surface area contributed by atoms with E-state index in [1.54, 1.807) is 0 Å². The van der Waals surface area contributed by atoms with Gasteiger partial charge in [-0.05, 0) is 44.4 Å². The highest BCUT2D eigenvalue weighted by atomic mass is 19.1. The standard InChI is InChI=1S/C17H22F2N2O2/c18-13-7-14(19)9-15(8-13)21-6-2-4-17(12-21)3-1-5-20(11-17)10-16(22)23/h7-9H,1-6,10-12H2,(H,22,23). The Hall–Kier alpha value is -1.69. The van der Waals surface area contributed by atoms with E-state index in [2.05, 4.69) is 0 Å². The van der Waals surface area contributed by atoms with Crippen LogP contribution in [-0.2, 0) is 4.79 Å². The van der Waals surface area contributed by atoms with E-state index in [0.717, 1.165) is 57.9 Å². The van der Waals surface area contributed by atoms with Gasteiger partial charge in [0.25, 0.3) is 0 Å². The summed E-state index contributed by atoms with van der Waals surface area (Å²) in [6.45, 7) is 3.13. The number of aliphatic carboxylic acids is 1. The van der Waals surface area contributed by atoms with Crippen LogP contribution in [0.1, 0.15) is 25.7 Å². The Labute approximate surface area is 134 Å². The SMILES string of the molecule is O=C(O)CN1CCCC2(CCCN(c3cc(F)cc(F)c3)C2)C1. The third-order valence-corrected chi connectivity index (χ3v) is 4.97. The highest BCUT2D eigenvalue weighted by Crippen LogP contribution is 2.40. The van der Waals surface area contributed by atoms with Gasteiger partial charge in [0.15, 0.2) is 0 Å². The topological polar surface area (TPSA) is 43.8 Å². The van der Waals surface area contributed by atoms with Crippen LogP contribution in [0.3, 0.4) is 0 Å². The summed E-state index contributed by atoms with van der Waals surface area (Å²) in [6.07, 6.45) is 4.01. The zero-order valence-corrected chi connectivity index (χ0v) is 13.1. The van der Waals surface area contributed by atoms with Gasteiger partial charge in [0, 0.05) is 36.8 Å². The third-order valence-electron chi connectivity index (χ3n) is 4.97. The van der Waals surface area contributed by atoms with Gasteiger partial charge in [-0.3, -0.25) is 9.69 Å². The summed E-state index contributed by atoms with van der Waals surface area (Å²) in [5.74, 6) is -1.92. The lowest BCUT2D eigenvalue weighted by Crippen LogP contribution is -2.53. The predicted octanol–water partition coefficient (Wildman–Crippen LogP) is 2.73. The molecule has 1 aromatic rings. The van der Waals surface area contributed by atoms with Gasteiger partial charge in [-0.25, -0.2) is 8.78 Å². The number of rotatable bonds is 3. The van der Waals surface area contributed by atoms with E-state index in [9.17, 15) is 13.6 Å². The average Bonchev–Trinajstić information content (AvgIpc) is 2.45. The number of piperidine rings is 2. The summed E-state index contributed by atoms with van der Waals surface area (Å²) in [7, 11) is 0. The van der Waals surface area contributed by atoms with Crippen molar-refractivity contribution < 1.29 is 18.7 Å². The van der Waals surface area contributed by atoms with E-state index in [1.807, 2.05) is 9.80 Å². The Balaban J connectivity index is 1.75. The molecule has 0 saturated carbocycles. The molecule has 0 radical (unpaired) electrons. The van der Waals surface area contributed by atoms with E-state index in [-0.39, 0.29) is 12.0 Å². The van der Waals surface area contributed by atoms with E-state index >= 15 is 0 Å². The molecule has 2 aliphatic rings. The third kappa shape index (κ3) is 3.80. The van der Waals surface area contributed by atoms with E-state index < -0.39 is 17.6 Å². The number of halogens is 2. The molecule has 4 nitrogen and oxygen atoms in total. The minimum Gasteiger partial charge on any atom is -0.480 e. The van der Waals surface area contributed by atoms with Crippen molar-refractivity contribution in [2.75, 3.05) is 37.6 Å². The van der Waals surface area contributed by atoms with Crippen molar-refractivity contribution in [2.24, 2.45) is 5.41 Å². The molecule has 126 valence electrons. The molecule has 3 rings (SSSR count). The molecule has 6 heteroatoms. The van der Waals surface area contributed by atoms with E-state index in [4.69, 9.17) is 5.11 Å². The van der Waals surface area contributed by atoms with Gasteiger partial charge in [0.1, 0.15) is 11.6 Å². The Morgan fingerprint density at radius 3 is 2.39 bits per heavy atom. The van der Waals surface area contributed by atoms with Crippen molar-refractivity contribution in [3.8, 4) is 0 Å². The number of hydrogen-bond acceptors (Lipinski definition) is 3. The Kier molecular flexibility index (Phi) is 4.53. The van der Waals surface area contributed by atoms with Crippen LogP contribution < -0.4 is 4.90 Å². The number of carboxylic acids is 1. The summed E-state index contributed by atoms with van der Waals surface area (Å²) in [6, 6.07) is 3.64. The lowest BCUT2D eigenvalue weighted by atomic mass is 9.73. The first-order valence-corrected chi connectivity index (χ1v) is 8.11. The van der Waals surface area contributed by atoms with Gasteiger partial charge < -0.3 is 10.0 Å². The molecule has 1 aromatic carbocycles. The summed E-state index contributed by atoms with van der Waals surface area (Å²) < 4.78 is 27.0. The zero-order valence-electron chi connectivity index (χ0n) is 13.1. The molecule has 1 unspecified atom stereocenters. The molecule has 0 aliphatic carbocycles. The number of anilines is 1. The fourth-order valence-corrected chi connectivity index (χ4v) is 4.12. The molecule has 1 atom stereocenters. The second-order valence-electron chi connectivity index (χ2n) is 6.86. The van der Waals surface area contributed by atoms with Gasteiger partial charge in [-0.2, -0.15) is 0 Å². The van der Waals surface area contributed by atoms with Crippen LogP contribution in [0.25, 0.3) is 0 Å². The highest BCUT2D eigenvalue weighted by molar-refractivity contribution is 5.69. The molecular formula is C17H22F2N2O2. The van der Waals surface area contributed by atoms with Crippen LogP contribution in [-0.4, -0.2) is 48.7 Å². The highest BCUT2D eigenvalue weighted by Gasteiger charge is 2.39. The van der Waals surface area contributed by atoms with E-state index in [0.29, 0.717) is 5.69 Å². The monoisotopic (exact) mass is 324 g/mol. The van der Waals surface area contributed by atoms with Gasteiger partial charge >= 0.3 is 5.97 Å². The lowest BCUT2D eigenvalue weighted by molar-refractivity contribution is -0.139. The quantitative estimate of drug-likeness (QED) is 0.928. The van der Waals surface area contributed by atoms with Crippen LogP contribution in [0.5, 0.6) is 0 Å². The van der Waals surface area contributed by atoms with Crippen LogP contribution in [0.4, 0.5) is 14.5 Å². The smallest absolute Gasteiger partial charge is 0.317 e. The van der Waals surface area contributed by atoms with Crippen molar-refractivity contribution in [2.45, 2.75) is 25.7 Å². The molecular weight excluding hydrogens is 302 g/mol. The number of likely N-dealkylation sites (tertiary alicyclic amines) is 1. The van der Waals surface area contributed by atoms with Crippen LogP contribution >= 0.6 is 0 Å². The molecule has 1 spiro atoms. The molecule has 0 aromatic heterocycles. The molecule has 2 fully saturated rings. The van der Waals surface area contributed by atoms with Gasteiger partial charge in [-0.15, -0.1) is 0 Å². The van der Waals surface area contributed by atoms with Gasteiger partial charge in [0.2, 0.25) is 0 Å². The molecule has 2 saturated heterocycles. The number of hydrogen-bond donors (Lipinski definition) is 1. The van der Waals surface area contributed by atoms with Crippen LogP contribution in [0.2, 0.25) is 0 Å². The first kappa shape index (κ1) is 16.2. The largest absolute Gasteiger partial charge is 0.480 e. The number of carboxylic acid groups (broad SMARTS) is 1. The maximum absolute atomic E-state index is 13.5. The number of nitrogens with zero attached hydrogens (tertiary/aromatic N) is 2. The molecule has 1 N–H and O–H groups in total. The second-order valence-corrected chi connectivity index (χ2v) is 6.86. The fourth-order valence-electron chi connectivity index (χ4n) is 4.12. The summed E-state index contributed by atoms with van der Waals surface area (Å²) in [5.41, 5.74) is 0.603. The zero-order chi connectivity index (χ0) is 16.4. The minimum atomic E-state index is -0.804. The Morgan fingerprint density at radius 1 is 1.09 bits per heavy atom. The second kappa shape index (κ2) is 6.43. The van der Waals surface area contributed by atoms with Crippen LogP contribution in [0, 0.1) is 17.0 Å². The van der Waals surface area contributed by atoms with Gasteiger partial charge in [0.05, 0.1) is 6.54 Å². The lowest BCUT2D eigenvalue weighted by Gasteiger charge is -2.49. The van der Waals surface area contributed by atoms with Crippen molar-refractivity contribution in [3.63, 3.8) is 0 Å². The molecule has 0 bridgehead atoms. The van der Waals surface area contributed by atoms with E-state index in [1.165, 1.54) is 12.1 Å². The first-order valence-electron chi connectivity index (χ1n) is 8.11. The van der Waals surface area contributed by atoms with Crippen molar-refractivity contribution in [1.29, 1.82) is 0 Å². The fraction of sp³-hybridized carbons (Fsp3) is 0.588. The van der Waals surface area contributed by atoms with Crippen molar-refractivity contribution in [1.82, 2.24) is 4.90 Å². The molecule has 23 heavy (non-hydrogen) atoms. The summed E-state index contributed by atoms with van der Waals surface area (Å²) in [5, 5.41) is 9.01. The molecule has 0 amide bonds. The van der Waals surface area contributed by atoms with Gasteiger partial charge in [-0.1, -0.05) is 0 Å². The summed E-state index contributed by atoms with van der Waals surface area (Å²) >= 11 is 0. The Morgan fingerprint density at radius 2 is 1.74 bits per heavy atom. The molecule has 2 aliphatic heterocycles. The minimum absolute atomic E-state index is 0.0226. The maximum Gasteiger partial charge on any atom is 0.317 e. The number of benzene rings is 1. The van der Waals surface area contributed by atoms with Crippen molar-refractivity contribution >= 4 is 11.7 Å². The molecule has 2 heterocycles. The predicted molar refractivity (Wildman–Crippen MR) is 83.5 cm³/mol. The van der Waals surface area contributed by atoms with Crippen molar-refractivity contribution in [3.05, 3.63) is 29.8 Å². The maximum atomic E-state index is 13.5. The normalized spacial score (nSPS) is 25.7. The number of carbonyl (C=O) groups is 1. The summed E-state index contributed by atoms with van der Waals surface area (Å²) in [4.78, 5) is 15.0. The average molecular weight is 324 g/mol. The van der Waals surface area contributed by atoms with Crippen LogP contribution in [0.15, 0.2) is 18.2 Å². The Bertz CT molecular complexity index is 572. The first-order chi connectivity index (χ1) is 11.0.